The van der Waals surface area contributed by atoms with Crippen LogP contribution in [0.3, 0.4) is 0 Å². The summed E-state index contributed by atoms with van der Waals surface area (Å²) in [6, 6.07) is 16.8. The van der Waals surface area contributed by atoms with Crippen LogP contribution in [0, 0.1) is 5.82 Å². The van der Waals surface area contributed by atoms with Crippen LogP contribution in [0.1, 0.15) is 15.9 Å². The lowest BCUT2D eigenvalue weighted by Crippen LogP contribution is -2.49. The van der Waals surface area contributed by atoms with Crippen LogP contribution in [0.4, 0.5) is 10.1 Å². The van der Waals surface area contributed by atoms with Gasteiger partial charge >= 0.3 is 0 Å². The molecule has 1 saturated heterocycles. The number of para-hydroxylation sites is 1. The van der Waals surface area contributed by atoms with Gasteiger partial charge in [-0.2, -0.15) is 5.10 Å². The van der Waals surface area contributed by atoms with Crippen molar-refractivity contribution < 1.29 is 9.18 Å². The van der Waals surface area contributed by atoms with Gasteiger partial charge in [-0.25, -0.2) is 4.39 Å². The molecule has 0 bridgehead atoms. The van der Waals surface area contributed by atoms with Gasteiger partial charge in [0.25, 0.3) is 5.91 Å². The van der Waals surface area contributed by atoms with Gasteiger partial charge in [0.2, 0.25) is 0 Å². The second-order valence-corrected chi connectivity index (χ2v) is 6.64. The van der Waals surface area contributed by atoms with Gasteiger partial charge in [0, 0.05) is 32.4 Å². The molecule has 0 saturated carbocycles. The summed E-state index contributed by atoms with van der Waals surface area (Å²) in [5.41, 5.74) is 2.32. The van der Waals surface area contributed by atoms with Crippen LogP contribution in [0.25, 0.3) is 0 Å². The molecule has 6 heteroatoms. The predicted octanol–water partition coefficient (Wildman–Crippen LogP) is 3.03. The maximum absolute atomic E-state index is 13.9. The van der Waals surface area contributed by atoms with Crippen LogP contribution in [0.2, 0.25) is 0 Å². The van der Waals surface area contributed by atoms with Crippen LogP contribution in [-0.2, 0) is 6.54 Å². The van der Waals surface area contributed by atoms with Crippen molar-refractivity contribution in [1.29, 1.82) is 0 Å². The standard InChI is InChI=1S/C21H21FN4O/c22-19-8-4-5-9-20(19)24-10-12-25(13-11-24)21(27)18-14-23-26(16-18)15-17-6-2-1-3-7-17/h1-9,14,16H,10-13,15H2. The highest BCUT2D eigenvalue weighted by Crippen LogP contribution is 2.20. The Kier molecular flexibility index (Phi) is 4.87. The summed E-state index contributed by atoms with van der Waals surface area (Å²) >= 11 is 0. The van der Waals surface area contributed by atoms with Crippen molar-refractivity contribution in [3.63, 3.8) is 0 Å². The van der Waals surface area contributed by atoms with E-state index < -0.39 is 0 Å². The minimum atomic E-state index is -0.223. The summed E-state index contributed by atoms with van der Waals surface area (Å²) in [6.07, 6.45) is 3.41. The van der Waals surface area contributed by atoms with Gasteiger partial charge in [-0.05, 0) is 17.7 Å². The molecule has 1 aliphatic heterocycles. The number of benzene rings is 2. The first-order valence-corrected chi connectivity index (χ1v) is 9.06. The molecule has 1 aromatic heterocycles. The van der Waals surface area contributed by atoms with Crippen LogP contribution >= 0.6 is 0 Å². The normalized spacial score (nSPS) is 14.4. The number of nitrogens with zero attached hydrogens (tertiary/aromatic N) is 4. The van der Waals surface area contributed by atoms with Crippen molar-refractivity contribution in [2.75, 3.05) is 31.1 Å². The highest BCUT2D eigenvalue weighted by molar-refractivity contribution is 5.93. The maximum Gasteiger partial charge on any atom is 0.257 e. The van der Waals surface area contributed by atoms with Crippen molar-refractivity contribution in [1.82, 2.24) is 14.7 Å². The second-order valence-electron chi connectivity index (χ2n) is 6.64. The zero-order chi connectivity index (χ0) is 18.6. The highest BCUT2D eigenvalue weighted by atomic mass is 19.1. The Labute approximate surface area is 157 Å². The average molecular weight is 364 g/mol. The molecule has 0 spiro atoms. The van der Waals surface area contributed by atoms with E-state index in [1.807, 2.05) is 41.3 Å². The van der Waals surface area contributed by atoms with Gasteiger partial charge in [0.1, 0.15) is 5.82 Å². The molecule has 27 heavy (non-hydrogen) atoms. The molecule has 1 amide bonds. The summed E-state index contributed by atoms with van der Waals surface area (Å²) in [6.45, 7) is 3.00. The average Bonchev–Trinajstić information content (AvgIpc) is 3.17. The molecular weight excluding hydrogens is 343 g/mol. The van der Waals surface area contributed by atoms with Crippen LogP contribution in [-0.4, -0.2) is 46.8 Å². The molecule has 3 aromatic rings. The Morgan fingerprint density at radius 2 is 1.67 bits per heavy atom. The van der Waals surface area contributed by atoms with E-state index in [0.29, 0.717) is 44.0 Å². The van der Waals surface area contributed by atoms with Gasteiger partial charge < -0.3 is 9.80 Å². The fourth-order valence-electron chi connectivity index (χ4n) is 3.37. The Bertz CT molecular complexity index is 917. The summed E-state index contributed by atoms with van der Waals surface area (Å²) in [5.74, 6) is -0.248. The molecule has 0 aliphatic carbocycles. The molecule has 5 nitrogen and oxygen atoms in total. The molecule has 1 aliphatic rings. The van der Waals surface area contributed by atoms with Crippen molar-refractivity contribution in [3.05, 3.63) is 83.9 Å². The summed E-state index contributed by atoms with van der Waals surface area (Å²) in [5, 5.41) is 4.31. The number of hydrogen-bond acceptors (Lipinski definition) is 3. The van der Waals surface area contributed by atoms with Crippen molar-refractivity contribution in [2.45, 2.75) is 6.54 Å². The number of carbonyl (C=O) groups is 1. The summed E-state index contributed by atoms with van der Waals surface area (Å²) in [7, 11) is 0. The predicted molar refractivity (Wildman–Crippen MR) is 102 cm³/mol. The van der Waals surface area contributed by atoms with Gasteiger partial charge in [-0.15, -0.1) is 0 Å². The lowest BCUT2D eigenvalue weighted by molar-refractivity contribution is 0.0746. The third kappa shape index (κ3) is 3.84. The molecule has 0 radical (unpaired) electrons. The SMILES string of the molecule is O=C(c1cnn(Cc2ccccc2)c1)N1CCN(c2ccccc2F)CC1. The number of rotatable bonds is 4. The first-order valence-electron chi connectivity index (χ1n) is 9.06. The topological polar surface area (TPSA) is 41.4 Å². The number of hydrogen-bond donors (Lipinski definition) is 0. The number of piperazine rings is 1. The maximum atomic E-state index is 13.9. The third-order valence-corrected chi connectivity index (χ3v) is 4.83. The smallest absolute Gasteiger partial charge is 0.257 e. The zero-order valence-corrected chi connectivity index (χ0v) is 15.0. The first-order chi connectivity index (χ1) is 13.2. The molecule has 2 heterocycles. The fraction of sp³-hybridized carbons (Fsp3) is 0.238. The van der Waals surface area contributed by atoms with Crippen molar-refractivity contribution in [3.8, 4) is 0 Å². The van der Waals surface area contributed by atoms with Gasteiger partial charge in [0.05, 0.1) is 24.0 Å². The van der Waals surface area contributed by atoms with Gasteiger partial charge in [0.15, 0.2) is 0 Å². The summed E-state index contributed by atoms with van der Waals surface area (Å²) in [4.78, 5) is 16.5. The fourth-order valence-corrected chi connectivity index (χ4v) is 3.37. The van der Waals surface area contributed by atoms with E-state index in [0.717, 1.165) is 5.56 Å². The quantitative estimate of drug-likeness (QED) is 0.715. The minimum Gasteiger partial charge on any atom is -0.366 e. The van der Waals surface area contributed by atoms with Gasteiger partial charge in [-0.1, -0.05) is 42.5 Å². The van der Waals surface area contributed by atoms with E-state index >= 15 is 0 Å². The molecule has 0 unspecified atom stereocenters. The largest absolute Gasteiger partial charge is 0.366 e. The van der Waals surface area contributed by atoms with E-state index in [1.165, 1.54) is 6.07 Å². The molecule has 0 N–H and O–H groups in total. The number of halogens is 1. The lowest BCUT2D eigenvalue weighted by atomic mass is 10.2. The molecule has 2 aromatic carbocycles. The summed E-state index contributed by atoms with van der Waals surface area (Å²) < 4.78 is 15.7. The van der Waals surface area contributed by atoms with Crippen molar-refractivity contribution >= 4 is 11.6 Å². The van der Waals surface area contributed by atoms with E-state index in [1.54, 1.807) is 34.1 Å². The Morgan fingerprint density at radius 3 is 2.41 bits per heavy atom. The van der Waals surface area contributed by atoms with Crippen LogP contribution < -0.4 is 4.90 Å². The van der Waals surface area contributed by atoms with E-state index in [2.05, 4.69) is 5.10 Å². The number of aromatic nitrogens is 2. The molecule has 138 valence electrons. The number of anilines is 1. The van der Waals surface area contributed by atoms with E-state index in [-0.39, 0.29) is 11.7 Å². The number of carbonyl (C=O) groups excluding carboxylic acids is 1. The molecular formula is C21H21FN4O. The minimum absolute atomic E-state index is 0.0255. The molecule has 1 fully saturated rings. The highest BCUT2D eigenvalue weighted by Gasteiger charge is 2.24. The van der Waals surface area contributed by atoms with E-state index in [9.17, 15) is 9.18 Å². The van der Waals surface area contributed by atoms with Gasteiger partial charge in [-0.3, -0.25) is 9.48 Å². The Balaban J connectivity index is 1.38. The zero-order valence-electron chi connectivity index (χ0n) is 15.0. The molecule has 0 atom stereocenters. The second kappa shape index (κ2) is 7.61. The van der Waals surface area contributed by atoms with Crippen LogP contribution in [0.5, 0.6) is 0 Å². The molecule has 4 rings (SSSR count). The first kappa shape index (κ1) is 17.3. The Hall–Kier alpha value is -3.15. The monoisotopic (exact) mass is 364 g/mol. The number of amides is 1. The lowest BCUT2D eigenvalue weighted by Gasteiger charge is -2.36. The Morgan fingerprint density at radius 1 is 0.963 bits per heavy atom. The van der Waals surface area contributed by atoms with E-state index in [4.69, 9.17) is 0 Å². The third-order valence-electron chi connectivity index (χ3n) is 4.83. The van der Waals surface area contributed by atoms with Crippen LogP contribution in [0.15, 0.2) is 67.0 Å². The van der Waals surface area contributed by atoms with Crippen molar-refractivity contribution in [2.24, 2.45) is 0 Å².